The van der Waals surface area contributed by atoms with Gasteiger partial charge in [0.05, 0.1) is 31.9 Å². The molecule has 1 fully saturated rings. The van der Waals surface area contributed by atoms with E-state index >= 15 is 8.78 Å². The Morgan fingerprint density at radius 2 is 1.93 bits per heavy atom. The van der Waals surface area contributed by atoms with Gasteiger partial charge in [0.15, 0.2) is 5.82 Å². The zero-order valence-electron chi connectivity index (χ0n) is 24.1. The molecular weight excluding hydrogens is 587 g/mol. The minimum atomic E-state index is -4.69. The van der Waals surface area contributed by atoms with E-state index in [0.717, 1.165) is 16.2 Å². The van der Waals surface area contributed by atoms with Crippen molar-refractivity contribution in [3.63, 3.8) is 0 Å². The van der Waals surface area contributed by atoms with Crippen LogP contribution in [0.15, 0.2) is 55.2 Å². The summed E-state index contributed by atoms with van der Waals surface area (Å²) >= 11 is 0. The normalized spacial score (nSPS) is 16.2. The van der Waals surface area contributed by atoms with Gasteiger partial charge in [0.2, 0.25) is 0 Å². The first-order valence-corrected chi connectivity index (χ1v) is 13.6. The van der Waals surface area contributed by atoms with Crippen LogP contribution in [0.3, 0.4) is 0 Å². The molecule has 1 saturated heterocycles. The van der Waals surface area contributed by atoms with Crippen molar-refractivity contribution in [3.8, 4) is 11.4 Å². The van der Waals surface area contributed by atoms with Crippen molar-refractivity contribution in [1.29, 1.82) is 0 Å². The van der Waals surface area contributed by atoms with E-state index in [4.69, 9.17) is 9.47 Å². The number of methoxy groups -OCH3 is 1. The zero-order chi connectivity index (χ0) is 31.8. The smallest absolute Gasteiger partial charge is 0.411 e. The molecule has 14 heteroatoms. The number of hydrogen-bond donors (Lipinski definition) is 1. The second-order valence-electron chi connectivity index (χ2n) is 10.3. The number of imidazole rings is 1. The number of alkyl halides is 3. The molecule has 1 aliphatic heterocycles. The highest BCUT2D eigenvalue weighted by molar-refractivity contribution is 5.95. The fourth-order valence-corrected chi connectivity index (χ4v) is 5.02. The van der Waals surface area contributed by atoms with Gasteiger partial charge in [-0.3, -0.25) is 4.79 Å². The summed E-state index contributed by atoms with van der Waals surface area (Å²) < 4.78 is 83.0. The van der Waals surface area contributed by atoms with E-state index in [-0.39, 0.29) is 31.0 Å². The van der Waals surface area contributed by atoms with Crippen molar-refractivity contribution in [3.05, 3.63) is 89.3 Å². The number of fused-ring (bicyclic) bond motifs is 1. The number of carbonyl (C=O) groups is 1. The number of anilines is 1. The van der Waals surface area contributed by atoms with Gasteiger partial charge in [-0.15, -0.1) is 0 Å². The number of ether oxygens (including phenoxy) is 2. The molecule has 2 atom stereocenters. The number of amides is 1. The molecule has 5 rings (SSSR count). The fraction of sp³-hybridized carbons (Fsp3) is 0.333. The number of rotatable bonds is 8. The molecule has 0 saturated carbocycles. The molecule has 4 heterocycles. The summed E-state index contributed by atoms with van der Waals surface area (Å²) in [5.41, 5.74) is 2.33. The van der Waals surface area contributed by atoms with Gasteiger partial charge in [-0.25, -0.2) is 23.7 Å². The van der Waals surface area contributed by atoms with E-state index in [2.05, 4.69) is 26.8 Å². The number of aryl methyl sites for hydroxylation is 2. The number of aromatic nitrogens is 4. The van der Waals surface area contributed by atoms with E-state index in [1.54, 1.807) is 35.1 Å². The van der Waals surface area contributed by atoms with Gasteiger partial charge in [-0.05, 0) is 43.7 Å². The van der Waals surface area contributed by atoms with E-state index in [0.29, 0.717) is 34.9 Å². The Balaban J connectivity index is 1.41. The van der Waals surface area contributed by atoms with Crippen LogP contribution in [-0.4, -0.2) is 70.4 Å². The lowest BCUT2D eigenvalue weighted by atomic mass is 10.1. The van der Waals surface area contributed by atoms with Crippen LogP contribution in [0.2, 0.25) is 0 Å². The third-order valence-corrected chi connectivity index (χ3v) is 7.56. The molecule has 0 radical (unpaired) electrons. The molecule has 0 bridgehead atoms. The first-order valence-electron chi connectivity index (χ1n) is 13.6. The zero-order valence-corrected chi connectivity index (χ0v) is 24.1. The molecule has 1 N–H and O–H groups in total. The second kappa shape index (κ2) is 12.2. The van der Waals surface area contributed by atoms with Gasteiger partial charge < -0.3 is 24.1 Å². The van der Waals surface area contributed by atoms with Crippen LogP contribution >= 0.6 is 0 Å². The molecule has 1 amide bonds. The average Bonchev–Trinajstić information content (AvgIpc) is 3.48. The Kier molecular flexibility index (Phi) is 8.55. The van der Waals surface area contributed by atoms with Crippen LogP contribution < -0.4 is 10.2 Å². The van der Waals surface area contributed by atoms with Crippen LogP contribution in [0.25, 0.3) is 17.0 Å². The number of pyridine rings is 1. The van der Waals surface area contributed by atoms with Gasteiger partial charge in [0, 0.05) is 48.6 Å². The molecule has 0 spiro atoms. The molecule has 232 valence electrons. The molecular formula is C30H29F5N6O3. The van der Waals surface area contributed by atoms with Crippen LogP contribution in [-0.2, 0) is 15.9 Å². The Morgan fingerprint density at radius 1 is 1.20 bits per heavy atom. The highest BCUT2D eigenvalue weighted by Crippen LogP contribution is 2.33. The number of nitrogens with one attached hydrogen (secondary N) is 1. The predicted octanol–water partition coefficient (Wildman–Crippen LogP) is 4.96. The number of morpholine rings is 1. The van der Waals surface area contributed by atoms with Gasteiger partial charge in [0.1, 0.15) is 34.6 Å². The summed E-state index contributed by atoms with van der Waals surface area (Å²) in [5.74, 6) is -3.18. The van der Waals surface area contributed by atoms with Crippen molar-refractivity contribution >= 4 is 17.2 Å². The molecule has 3 aromatic heterocycles. The molecule has 44 heavy (non-hydrogen) atoms. The van der Waals surface area contributed by atoms with E-state index in [9.17, 15) is 18.0 Å². The van der Waals surface area contributed by atoms with Crippen LogP contribution in [0.4, 0.5) is 27.6 Å². The minimum absolute atomic E-state index is 0.0539. The molecule has 9 nitrogen and oxygen atoms in total. The van der Waals surface area contributed by atoms with Gasteiger partial charge >= 0.3 is 6.18 Å². The van der Waals surface area contributed by atoms with Gasteiger partial charge in [-0.1, -0.05) is 6.58 Å². The number of halogens is 5. The molecule has 1 aromatic carbocycles. The van der Waals surface area contributed by atoms with Crippen molar-refractivity contribution in [2.75, 3.05) is 31.8 Å². The highest BCUT2D eigenvalue weighted by atomic mass is 19.4. The Bertz CT molecular complexity index is 1700. The summed E-state index contributed by atoms with van der Waals surface area (Å²) in [6.07, 6.45) is 0.414. The van der Waals surface area contributed by atoms with Crippen molar-refractivity contribution in [1.82, 2.24) is 24.7 Å². The minimum Gasteiger partial charge on any atom is -0.500 e. The monoisotopic (exact) mass is 616 g/mol. The largest absolute Gasteiger partial charge is 0.500 e. The van der Waals surface area contributed by atoms with Crippen LogP contribution in [0, 0.1) is 25.5 Å². The third kappa shape index (κ3) is 6.07. The molecule has 0 aliphatic carbocycles. The Hall–Kier alpha value is -4.59. The number of benzene rings is 1. The van der Waals surface area contributed by atoms with Crippen molar-refractivity contribution in [2.24, 2.45) is 0 Å². The lowest BCUT2D eigenvalue weighted by Gasteiger charge is -2.38. The highest BCUT2D eigenvalue weighted by Gasteiger charge is 2.46. The maximum absolute atomic E-state index is 15.2. The number of carbonyl (C=O) groups excluding carboxylic acids is 1. The SMILES string of the molecule is C=C(OC)[C@H](Cc1ccc(-c2ncc(C)c(C)n2)c2nccn12)NC(=O)c1c(F)cc(N2CCOC[C@@H]2C(F)(F)F)cc1F. The first-order chi connectivity index (χ1) is 20.9. The standard InChI is InChI=1S/C30H29F5N6O3/c1-16-14-37-27(38-17(16)2)21-6-5-19(41-8-7-36-28(21)41)13-24(18(3)43-4)39-29(42)26-22(31)11-20(12-23(26)32)40-9-10-44-15-25(40)30(33,34)35/h5-8,11-12,14,24-25H,3,9-10,13,15H2,1-2,4H3,(H,39,42)/t24-,25+/m0/s1. The van der Waals surface area contributed by atoms with Gasteiger partial charge in [0.25, 0.3) is 5.91 Å². The molecule has 0 unspecified atom stereocenters. The Morgan fingerprint density at radius 3 is 2.59 bits per heavy atom. The summed E-state index contributed by atoms with van der Waals surface area (Å²) in [4.78, 5) is 27.4. The maximum Gasteiger partial charge on any atom is 0.411 e. The lowest BCUT2D eigenvalue weighted by Crippen LogP contribution is -2.53. The number of nitrogens with zero attached hydrogens (tertiary/aromatic N) is 5. The van der Waals surface area contributed by atoms with E-state index < -0.39 is 48.0 Å². The summed E-state index contributed by atoms with van der Waals surface area (Å²) in [5, 5.41) is 2.55. The van der Waals surface area contributed by atoms with Crippen molar-refractivity contribution < 1.29 is 36.2 Å². The van der Waals surface area contributed by atoms with E-state index in [1.165, 1.54) is 7.11 Å². The van der Waals surface area contributed by atoms with Gasteiger partial charge in [-0.2, -0.15) is 13.2 Å². The molecule has 4 aromatic rings. The van der Waals surface area contributed by atoms with E-state index in [1.807, 2.05) is 13.8 Å². The van der Waals surface area contributed by atoms with Crippen LogP contribution in [0.1, 0.15) is 27.3 Å². The maximum atomic E-state index is 15.2. The Labute approximate surface area is 249 Å². The summed E-state index contributed by atoms with van der Waals surface area (Å²) in [6.45, 7) is 6.64. The summed E-state index contributed by atoms with van der Waals surface area (Å²) in [7, 11) is 1.34. The number of hydrogen-bond acceptors (Lipinski definition) is 7. The van der Waals surface area contributed by atoms with Crippen molar-refractivity contribution in [2.45, 2.75) is 38.5 Å². The summed E-state index contributed by atoms with van der Waals surface area (Å²) in [6, 6.07) is 1.95. The fourth-order valence-electron chi connectivity index (χ4n) is 5.02. The average molecular weight is 617 g/mol. The quantitative estimate of drug-likeness (QED) is 0.221. The van der Waals surface area contributed by atoms with Crippen LogP contribution in [0.5, 0.6) is 0 Å². The predicted molar refractivity (Wildman–Crippen MR) is 151 cm³/mol. The third-order valence-electron chi connectivity index (χ3n) is 7.56. The first kappa shape index (κ1) is 30.9. The molecule has 1 aliphatic rings. The second-order valence-corrected chi connectivity index (χ2v) is 10.3. The lowest BCUT2D eigenvalue weighted by molar-refractivity contribution is -0.167. The topological polar surface area (TPSA) is 93.9 Å².